The molecular weight excluding hydrogens is 166 g/mol. The Hall–Kier alpha value is -0.570. The van der Waals surface area contributed by atoms with Crippen LogP contribution in [0.4, 0.5) is 8.78 Å². The Labute approximate surface area is 69.6 Å². The van der Waals surface area contributed by atoms with E-state index in [1.165, 1.54) is 0 Å². The normalized spacial score (nSPS) is 10.5. The number of hydrogen-bond donors (Lipinski definition) is 1. The molecule has 0 bridgehead atoms. The minimum Gasteiger partial charge on any atom is -0.210 e. The topological polar surface area (TPSA) is 0 Å². The molecule has 0 heterocycles. The fourth-order valence-corrected chi connectivity index (χ4v) is 1.10. The molecule has 1 rings (SSSR count). The summed E-state index contributed by atoms with van der Waals surface area (Å²) in [6.45, 7) is 0. The maximum absolute atomic E-state index is 11.9. The summed E-state index contributed by atoms with van der Waals surface area (Å²) in [7, 11) is 0. The first-order valence-electron chi connectivity index (χ1n) is 3.25. The first-order valence-corrected chi connectivity index (χ1v) is 3.70. The first kappa shape index (κ1) is 8.53. The van der Waals surface area contributed by atoms with Crippen molar-refractivity contribution in [2.75, 3.05) is 0 Å². The van der Waals surface area contributed by atoms with Gasteiger partial charge in [-0.1, -0.05) is 18.2 Å². The zero-order valence-electron chi connectivity index (χ0n) is 5.80. The number of rotatable bonds is 2. The third kappa shape index (κ3) is 2.50. The standard InChI is InChI=1S/C8H8F2S/c9-8(10)5-6-3-1-2-4-7(6)11/h1-4,8,11H,5H2. The largest absolute Gasteiger partial charge is 0.242 e. The van der Waals surface area contributed by atoms with Crippen molar-refractivity contribution in [1.82, 2.24) is 0 Å². The molecule has 0 atom stereocenters. The summed E-state index contributed by atoms with van der Waals surface area (Å²) in [4.78, 5) is 0.632. The van der Waals surface area contributed by atoms with E-state index < -0.39 is 6.43 Å². The molecule has 0 nitrogen and oxygen atoms in total. The van der Waals surface area contributed by atoms with Crippen molar-refractivity contribution in [2.45, 2.75) is 17.7 Å². The highest BCUT2D eigenvalue weighted by Gasteiger charge is 2.05. The summed E-state index contributed by atoms with van der Waals surface area (Å²) in [6, 6.07) is 6.88. The summed E-state index contributed by atoms with van der Waals surface area (Å²) in [5.74, 6) is 0. The van der Waals surface area contributed by atoms with Crippen LogP contribution in [0, 0.1) is 0 Å². The van der Waals surface area contributed by atoms with Crippen LogP contribution in [0.15, 0.2) is 29.2 Å². The highest BCUT2D eigenvalue weighted by Crippen LogP contribution is 2.15. The second-order valence-electron chi connectivity index (χ2n) is 2.22. The van der Waals surface area contributed by atoms with Gasteiger partial charge in [0.15, 0.2) is 0 Å². The van der Waals surface area contributed by atoms with Gasteiger partial charge in [-0.15, -0.1) is 12.6 Å². The van der Waals surface area contributed by atoms with E-state index in [9.17, 15) is 8.78 Å². The molecule has 1 aromatic carbocycles. The molecule has 0 aromatic heterocycles. The first-order chi connectivity index (χ1) is 5.20. The van der Waals surface area contributed by atoms with Gasteiger partial charge in [0, 0.05) is 11.3 Å². The van der Waals surface area contributed by atoms with E-state index in [-0.39, 0.29) is 6.42 Å². The second kappa shape index (κ2) is 3.72. The van der Waals surface area contributed by atoms with Crippen LogP contribution in [0.25, 0.3) is 0 Å². The molecule has 3 heteroatoms. The van der Waals surface area contributed by atoms with E-state index in [1.54, 1.807) is 24.3 Å². The minimum absolute atomic E-state index is 0.209. The molecule has 0 aliphatic rings. The van der Waals surface area contributed by atoms with Gasteiger partial charge in [0.1, 0.15) is 0 Å². The third-order valence-corrected chi connectivity index (χ3v) is 1.80. The van der Waals surface area contributed by atoms with Gasteiger partial charge in [-0.25, -0.2) is 8.78 Å². The van der Waals surface area contributed by atoms with Crippen LogP contribution in [-0.4, -0.2) is 6.43 Å². The van der Waals surface area contributed by atoms with Crippen molar-refractivity contribution in [3.05, 3.63) is 29.8 Å². The fraction of sp³-hybridized carbons (Fsp3) is 0.250. The lowest BCUT2D eigenvalue weighted by atomic mass is 10.2. The number of alkyl halides is 2. The number of halogens is 2. The maximum Gasteiger partial charge on any atom is 0.242 e. The van der Waals surface area contributed by atoms with E-state index in [4.69, 9.17) is 0 Å². The lowest BCUT2D eigenvalue weighted by Gasteiger charge is -2.02. The van der Waals surface area contributed by atoms with Gasteiger partial charge >= 0.3 is 0 Å². The quantitative estimate of drug-likeness (QED) is 0.655. The van der Waals surface area contributed by atoms with Gasteiger partial charge in [0.05, 0.1) is 0 Å². The number of benzene rings is 1. The van der Waals surface area contributed by atoms with Crippen molar-refractivity contribution >= 4 is 12.6 Å². The van der Waals surface area contributed by atoms with Crippen LogP contribution < -0.4 is 0 Å². The monoisotopic (exact) mass is 174 g/mol. The van der Waals surface area contributed by atoms with Crippen LogP contribution in [0.1, 0.15) is 5.56 Å². The molecule has 0 aliphatic carbocycles. The molecule has 11 heavy (non-hydrogen) atoms. The van der Waals surface area contributed by atoms with E-state index in [2.05, 4.69) is 12.6 Å². The van der Waals surface area contributed by atoms with Crippen LogP contribution in [0.5, 0.6) is 0 Å². The van der Waals surface area contributed by atoms with E-state index >= 15 is 0 Å². The van der Waals surface area contributed by atoms with Crippen LogP contribution in [0.3, 0.4) is 0 Å². The molecule has 0 spiro atoms. The van der Waals surface area contributed by atoms with E-state index in [0.29, 0.717) is 10.5 Å². The average molecular weight is 174 g/mol. The predicted molar refractivity (Wildman–Crippen MR) is 43.4 cm³/mol. The highest BCUT2D eigenvalue weighted by molar-refractivity contribution is 7.80. The molecule has 0 radical (unpaired) electrons. The molecule has 0 saturated carbocycles. The van der Waals surface area contributed by atoms with Gasteiger partial charge in [-0.05, 0) is 11.6 Å². The van der Waals surface area contributed by atoms with Crippen LogP contribution >= 0.6 is 12.6 Å². The Morgan fingerprint density at radius 2 is 1.91 bits per heavy atom. The van der Waals surface area contributed by atoms with Crippen molar-refractivity contribution in [2.24, 2.45) is 0 Å². The number of thiol groups is 1. The average Bonchev–Trinajstić information content (AvgIpc) is 1.93. The Bertz CT molecular complexity index is 235. The molecular formula is C8H8F2S. The summed E-state index contributed by atoms with van der Waals surface area (Å²) in [5.41, 5.74) is 0.603. The zero-order chi connectivity index (χ0) is 8.27. The minimum atomic E-state index is -2.29. The lowest BCUT2D eigenvalue weighted by Crippen LogP contribution is -1.96. The molecule has 0 N–H and O–H groups in total. The Kier molecular flexibility index (Phi) is 2.88. The summed E-state index contributed by atoms with van der Waals surface area (Å²) < 4.78 is 23.7. The zero-order valence-corrected chi connectivity index (χ0v) is 6.69. The van der Waals surface area contributed by atoms with Gasteiger partial charge in [0.2, 0.25) is 6.43 Å². The summed E-state index contributed by atoms with van der Waals surface area (Å²) in [6.07, 6.45) is -2.50. The van der Waals surface area contributed by atoms with Gasteiger partial charge < -0.3 is 0 Å². The van der Waals surface area contributed by atoms with Gasteiger partial charge in [-0.2, -0.15) is 0 Å². The molecule has 1 aromatic rings. The van der Waals surface area contributed by atoms with Crippen LogP contribution in [0.2, 0.25) is 0 Å². The highest BCUT2D eigenvalue weighted by atomic mass is 32.1. The molecule has 60 valence electrons. The molecule has 0 amide bonds. The van der Waals surface area contributed by atoms with Gasteiger partial charge in [0.25, 0.3) is 0 Å². The molecule has 0 unspecified atom stereocenters. The van der Waals surface area contributed by atoms with E-state index in [0.717, 1.165) is 0 Å². The van der Waals surface area contributed by atoms with Crippen molar-refractivity contribution in [3.63, 3.8) is 0 Å². The summed E-state index contributed by atoms with van der Waals surface area (Å²) in [5, 5.41) is 0. The van der Waals surface area contributed by atoms with Gasteiger partial charge in [-0.3, -0.25) is 0 Å². The molecule has 0 fully saturated rings. The van der Waals surface area contributed by atoms with Crippen molar-refractivity contribution in [3.8, 4) is 0 Å². The third-order valence-electron chi connectivity index (χ3n) is 1.37. The molecule has 0 saturated heterocycles. The van der Waals surface area contributed by atoms with E-state index in [1.807, 2.05) is 0 Å². The fourth-order valence-electron chi connectivity index (χ4n) is 0.850. The molecule has 0 aliphatic heterocycles. The predicted octanol–water partition coefficient (Wildman–Crippen LogP) is 2.78. The lowest BCUT2D eigenvalue weighted by molar-refractivity contribution is 0.148. The Balaban J connectivity index is 2.78. The smallest absolute Gasteiger partial charge is 0.210 e. The second-order valence-corrected chi connectivity index (χ2v) is 2.71. The van der Waals surface area contributed by atoms with Crippen molar-refractivity contribution in [1.29, 1.82) is 0 Å². The SMILES string of the molecule is FC(F)Cc1ccccc1S. The Morgan fingerprint density at radius 1 is 1.27 bits per heavy atom. The maximum atomic E-state index is 11.9. The van der Waals surface area contributed by atoms with Crippen molar-refractivity contribution < 1.29 is 8.78 Å². The summed E-state index contributed by atoms with van der Waals surface area (Å²) >= 11 is 4.04. The number of hydrogen-bond acceptors (Lipinski definition) is 1. The Morgan fingerprint density at radius 3 is 2.45 bits per heavy atom. The van der Waals surface area contributed by atoms with Crippen LogP contribution in [-0.2, 0) is 6.42 Å².